The van der Waals surface area contributed by atoms with Gasteiger partial charge in [0.15, 0.2) is 11.0 Å². The van der Waals surface area contributed by atoms with E-state index in [0.717, 1.165) is 9.16 Å². The molecule has 5 aromatic rings. The van der Waals surface area contributed by atoms with E-state index in [1.165, 1.54) is 0 Å². The number of H-pyrrole nitrogens is 1. The Balaban J connectivity index is 1.88. The molecule has 0 spiro atoms. The molecule has 0 amide bonds. The van der Waals surface area contributed by atoms with Crippen molar-refractivity contribution >= 4 is 56.3 Å². The van der Waals surface area contributed by atoms with Gasteiger partial charge in [-0.05, 0) is 24.3 Å². The van der Waals surface area contributed by atoms with Crippen molar-refractivity contribution in [3.8, 4) is 11.4 Å². The number of hydrogen-bond acceptors (Lipinski definition) is 3. The third-order valence-electron chi connectivity index (χ3n) is 4.55. The predicted molar refractivity (Wildman–Crippen MR) is 105 cm³/mol. The fraction of sp³-hybridized carbons (Fsp3) is 0. The number of nitrogens with one attached hydrogen (secondary N) is 1. The van der Waals surface area contributed by atoms with Gasteiger partial charge in [-0.3, -0.25) is 0 Å². The fourth-order valence-corrected chi connectivity index (χ4v) is 3.86. The van der Waals surface area contributed by atoms with Gasteiger partial charge in [-0.2, -0.15) is 4.73 Å². The Morgan fingerprint density at radius 1 is 0.963 bits per heavy atom. The van der Waals surface area contributed by atoms with E-state index < -0.39 is 0 Å². The summed E-state index contributed by atoms with van der Waals surface area (Å²) in [5.74, 6) is 0.488. The van der Waals surface area contributed by atoms with E-state index >= 15 is 0 Å². The van der Waals surface area contributed by atoms with Crippen LogP contribution in [-0.2, 0) is 0 Å². The highest BCUT2D eigenvalue weighted by Gasteiger charge is 2.21. The Morgan fingerprint density at radius 3 is 2.48 bits per heavy atom. The van der Waals surface area contributed by atoms with E-state index in [0.29, 0.717) is 54.5 Å². The van der Waals surface area contributed by atoms with Gasteiger partial charge in [0, 0.05) is 17.0 Å². The molecule has 0 bridgehead atoms. The zero-order chi connectivity index (χ0) is 18.7. The summed E-state index contributed by atoms with van der Waals surface area (Å²) in [6.45, 7) is 0. The average Bonchev–Trinajstić information content (AvgIpc) is 3.07. The Kier molecular flexibility index (Phi) is 3.40. The maximum atomic E-state index is 12.8. The van der Waals surface area contributed by atoms with Gasteiger partial charge in [0.2, 0.25) is 0 Å². The summed E-state index contributed by atoms with van der Waals surface area (Å²) in [7, 11) is 0. The molecule has 132 valence electrons. The van der Waals surface area contributed by atoms with Crippen LogP contribution in [0, 0.1) is 4.91 Å². The number of para-hydroxylation sites is 2. The molecule has 0 aliphatic rings. The summed E-state index contributed by atoms with van der Waals surface area (Å²) in [4.78, 5) is 20.5. The fourth-order valence-electron chi connectivity index (χ4n) is 3.28. The largest absolute Gasteiger partial charge is 0.427 e. The molecule has 0 saturated carbocycles. The molecule has 5 rings (SSSR count). The number of aromatic nitrogens is 4. The van der Waals surface area contributed by atoms with Crippen LogP contribution < -0.4 is 4.43 Å². The molecule has 2 heterocycles. The molecule has 0 aliphatic carbocycles. The standard InChI is InChI=1S/C19H11Cl2N4O2/c20-10-4-3-5-11(21)18(10)19-22-12-8-16-17(9-13(12)23-19)25(27)15-7-2-1-6-14(15)24(16)26/h1-9,26H,(H,22,23)/q+1. The number of imidazole rings is 1. The lowest BCUT2D eigenvalue weighted by Gasteiger charge is -2.02. The van der Waals surface area contributed by atoms with E-state index in [4.69, 9.17) is 23.2 Å². The average molecular weight is 398 g/mol. The first-order valence-corrected chi connectivity index (χ1v) is 8.83. The molecule has 0 aliphatic heterocycles. The van der Waals surface area contributed by atoms with Crippen molar-refractivity contribution in [1.29, 1.82) is 0 Å². The van der Waals surface area contributed by atoms with Gasteiger partial charge >= 0.3 is 0 Å². The monoisotopic (exact) mass is 397 g/mol. The molecule has 3 aromatic carbocycles. The van der Waals surface area contributed by atoms with Crippen LogP contribution in [0.15, 0.2) is 54.6 Å². The van der Waals surface area contributed by atoms with Gasteiger partial charge < -0.3 is 10.2 Å². The maximum Gasteiger partial charge on any atom is 0.292 e. The molecule has 0 fully saturated rings. The number of benzene rings is 3. The SMILES string of the molecule is O=[n+]1c2ccccc2n(O)c2cc3[nH]c(-c4c(Cl)cccc4Cl)nc3cc21. The Labute approximate surface area is 161 Å². The first kappa shape index (κ1) is 16.1. The third-order valence-corrected chi connectivity index (χ3v) is 5.18. The lowest BCUT2D eigenvalue weighted by molar-refractivity contribution is -0.433. The van der Waals surface area contributed by atoms with Crippen LogP contribution in [0.4, 0.5) is 0 Å². The van der Waals surface area contributed by atoms with Crippen molar-refractivity contribution in [3.63, 3.8) is 0 Å². The maximum absolute atomic E-state index is 12.8. The van der Waals surface area contributed by atoms with E-state index in [2.05, 4.69) is 9.97 Å². The molecule has 0 saturated heterocycles. The minimum absolute atomic E-state index is 0.298. The van der Waals surface area contributed by atoms with Crippen LogP contribution in [-0.4, -0.2) is 19.9 Å². The topological polar surface area (TPSA) is 76.8 Å². The van der Waals surface area contributed by atoms with Gasteiger partial charge in [0.05, 0.1) is 31.1 Å². The van der Waals surface area contributed by atoms with E-state index in [9.17, 15) is 10.1 Å². The molecule has 27 heavy (non-hydrogen) atoms. The third kappa shape index (κ3) is 2.31. The first-order valence-electron chi connectivity index (χ1n) is 8.08. The van der Waals surface area contributed by atoms with E-state index in [1.54, 1.807) is 54.6 Å². The summed E-state index contributed by atoms with van der Waals surface area (Å²) < 4.78 is 1.79. The minimum Gasteiger partial charge on any atom is -0.427 e. The summed E-state index contributed by atoms with van der Waals surface area (Å²) in [6.07, 6.45) is 0. The van der Waals surface area contributed by atoms with Crippen molar-refractivity contribution in [2.24, 2.45) is 0 Å². The van der Waals surface area contributed by atoms with Gasteiger partial charge in [-0.25, -0.2) is 4.98 Å². The predicted octanol–water partition coefficient (Wildman–Crippen LogP) is 4.80. The number of hydrogen-bond donors (Lipinski definition) is 2. The molecule has 8 heteroatoms. The number of halogens is 2. The number of nitrogens with zero attached hydrogens (tertiary/aromatic N) is 3. The summed E-state index contributed by atoms with van der Waals surface area (Å²) >= 11 is 12.6. The zero-order valence-corrected chi connectivity index (χ0v) is 15.2. The molecule has 2 N–H and O–H groups in total. The van der Waals surface area contributed by atoms with Crippen LogP contribution in [0.25, 0.3) is 44.5 Å². The van der Waals surface area contributed by atoms with Crippen molar-refractivity contribution < 1.29 is 9.63 Å². The minimum atomic E-state index is 0.298. The van der Waals surface area contributed by atoms with Crippen LogP contribution >= 0.6 is 23.2 Å². The number of aromatic amines is 1. The smallest absolute Gasteiger partial charge is 0.292 e. The van der Waals surface area contributed by atoms with Crippen LogP contribution in [0.3, 0.4) is 0 Å². The molecule has 0 unspecified atom stereocenters. The molecule has 0 radical (unpaired) electrons. The van der Waals surface area contributed by atoms with E-state index in [1.807, 2.05) is 0 Å². The highest BCUT2D eigenvalue weighted by atomic mass is 35.5. The summed E-state index contributed by atoms with van der Waals surface area (Å²) in [6, 6.07) is 15.3. The van der Waals surface area contributed by atoms with Crippen molar-refractivity contribution in [2.75, 3.05) is 0 Å². The second kappa shape index (κ2) is 5.70. The Morgan fingerprint density at radius 2 is 1.70 bits per heavy atom. The molecule has 2 aromatic heterocycles. The van der Waals surface area contributed by atoms with Crippen molar-refractivity contribution in [3.05, 3.63) is 69.5 Å². The Bertz CT molecular complexity index is 1420. The second-order valence-electron chi connectivity index (χ2n) is 6.14. The number of fused-ring (bicyclic) bond motifs is 3. The molecule has 6 nitrogen and oxygen atoms in total. The van der Waals surface area contributed by atoms with Gasteiger partial charge in [-0.15, -0.1) is 0 Å². The normalized spacial score (nSPS) is 11.6. The Hall–Kier alpha value is -3.09. The van der Waals surface area contributed by atoms with Crippen LogP contribution in [0.5, 0.6) is 0 Å². The summed E-state index contributed by atoms with van der Waals surface area (Å²) in [5, 5.41) is 11.5. The quantitative estimate of drug-likeness (QED) is 0.242. The molecular formula is C19H11Cl2N4O2+. The number of rotatable bonds is 1. The van der Waals surface area contributed by atoms with Crippen molar-refractivity contribution in [2.45, 2.75) is 0 Å². The van der Waals surface area contributed by atoms with Gasteiger partial charge in [0.25, 0.3) is 11.0 Å². The van der Waals surface area contributed by atoms with Crippen LogP contribution in [0.1, 0.15) is 0 Å². The lowest BCUT2D eigenvalue weighted by Crippen LogP contribution is -2.20. The van der Waals surface area contributed by atoms with Crippen LogP contribution in [0.2, 0.25) is 10.0 Å². The van der Waals surface area contributed by atoms with Crippen molar-refractivity contribution in [1.82, 2.24) is 14.7 Å². The second-order valence-corrected chi connectivity index (χ2v) is 6.95. The highest BCUT2D eigenvalue weighted by Crippen LogP contribution is 2.34. The van der Waals surface area contributed by atoms with Gasteiger partial charge in [-0.1, -0.05) is 41.4 Å². The lowest BCUT2D eigenvalue weighted by atomic mass is 10.2. The summed E-state index contributed by atoms with van der Waals surface area (Å²) in [5.41, 5.74) is 3.21. The highest BCUT2D eigenvalue weighted by molar-refractivity contribution is 6.39. The van der Waals surface area contributed by atoms with E-state index in [-0.39, 0.29) is 0 Å². The van der Waals surface area contributed by atoms with Gasteiger partial charge in [0.1, 0.15) is 5.82 Å². The molecule has 0 atom stereocenters. The first-order chi connectivity index (χ1) is 13.0. The zero-order valence-electron chi connectivity index (χ0n) is 13.6. The molecular weight excluding hydrogens is 387 g/mol.